The highest BCUT2D eigenvalue weighted by molar-refractivity contribution is 5.89. The molecule has 8 nitrogen and oxygen atoms in total. The van der Waals surface area contributed by atoms with E-state index in [9.17, 15) is 19.1 Å². The Labute approximate surface area is 183 Å². The van der Waals surface area contributed by atoms with Gasteiger partial charge in [-0.1, -0.05) is 12.1 Å². The molecule has 0 spiro atoms. The second-order valence-electron chi connectivity index (χ2n) is 7.90. The molecule has 1 amide bonds. The predicted octanol–water partition coefficient (Wildman–Crippen LogP) is 2.42. The molecular weight excluding hydrogens is 417 g/mol. The number of hydrogen-bond donors (Lipinski definition) is 2. The van der Waals surface area contributed by atoms with Crippen molar-refractivity contribution >= 4 is 22.8 Å². The Morgan fingerprint density at radius 3 is 2.59 bits per heavy atom. The second kappa shape index (κ2) is 8.16. The molecule has 0 aliphatic carbocycles. The standard InChI is InChI=1S/C23H22FN3O5/c24-14-5-6-15-16(12-25-17(15)11-14)21(23(29)30)26-7-9-27(10-8-26)22(28)20-13-31-18-3-1-2-4-19(18)32-20/h1-6,11-12,20-21,25H,7-10,13H2,(H,29,30)/t20-,21+/m1/s1. The number of carbonyl (C=O) groups is 2. The van der Waals surface area contributed by atoms with Crippen LogP contribution in [0.5, 0.6) is 11.5 Å². The molecule has 0 radical (unpaired) electrons. The summed E-state index contributed by atoms with van der Waals surface area (Å²) in [4.78, 5) is 31.6. The number of fused-ring (bicyclic) bond motifs is 2. The molecule has 2 aliphatic rings. The van der Waals surface area contributed by atoms with Crippen LogP contribution < -0.4 is 9.47 Å². The molecular formula is C23H22FN3O5. The fraction of sp³-hybridized carbons (Fsp3) is 0.304. The number of piperazine rings is 1. The number of halogens is 1. The fourth-order valence-corrected chi connectivity index (χ4v) is 4.38. The molecule has 0 saturated carbocycles. The average molecular weight is 439 g/mol. The number of rotatable bonds is 4. The van der Waals surface area contributed by atoms with Gasteiger partial charge in [-0.2, -0.15) is 0 Å². The van der Waals surface area contributed by atoms with Gasteiger partial charge in [0.15, 0.2) is 11.5 Å². The van der Waals surface area contributed by atoms with Crippen molar-refractivity contribution in [3.8, 4) is 11.5 Å². The van der Waals surface area contributed by atoms with Gasteiger partial charge in [0.2, 0.25) is 6.10 Å². The monoisotopic (exact) mass is 439 g/mol. The molecule has 2 aromatic carbocycles. The number of para-hydroxylation sites is 2. The van der Waals surface area contributed by atoms with Gasteiger partial charge in [-0.3, -0.25) is 14.5 Å². The third-order valence-corrected chi connectivity index (χ3v) is 5.98. The number of benzene rings is 2. The molecule has 166 valence electrons. The number of carbonyl (C=O) groups excluding carboxylic acids is 1. The molecule has 1 saturated heterocycles. The van der Waals surface area contributed by atoms with Crippen LogP contribution in [0.1, 0.15) is 11.6 Å². The van der Waals surface area contributed by atoms with Gasteiger partial charge >= 0.3 is 5.97 Å². The zero-order chi connectivity index (χ0) is 22.2. The maximum Gasteiger partial charge on any atom is 0.325 e. The minimum absolute atomic E-state index is 0.139. The summed E-state index contributed by atoms with van der Waals surface area (Å²) in [5, 5.41) is 10.6. The second-order valence-corrected chi connectivity index (χ2v) is 7.90. The van der Waals surface area contributed by atoms with Crippen molar-refractivity contribution in [1.29, 1.82) is 0 Å². The van der Waals surface area contributed by atoms with Crippen LogP contribution in [0.15, 0.2) is 48.7 Å². The van der Waals surface area contributed by atoms with Crippen molar-refractivity contribution in [3.63, 3.8) is 0 Å². The first-order valence-corrected chi connectivity index (χ1v) is 10.4. The first-order chi connectivity index (χ1) is 15.5. The lowest BCUT2D eigenvalue weighted by atomic mass is 10.0. The molecule has 0 bridgehead atoms. The summed E-state index contributed by atoms with van der Waals surface area (Å²) in [6.07, 6.45) is 0.890. The number of carboxylic acid groups (broad SMARTS) is 1. The summed E-state index contributed by atoms with van der Waals surface area (Å²) in [6.45, 7) is 1.67. The number of H-pyrrole nitrogens is 1. The van der Waals surface area contributed by atoms with Crippen LogP contribution in [0.4, 0.5) is 4.39 Å². The van der Waals surface area contributed by atoms with Crippen molar-refractivity contribution < 1.29 is 28.6 Å². The smallest absolute Gasteiger partial charge is 0.325 e. The summed E-state index contributed by atoms with van der Waals surface area (Å²) in [6, 6.07) is 10.6. The molecule has 5 rings (SSSR count). The predicted molar refractivity (Wildman–Crippen MR) is 113 cm³/mol. The van der Waals surface area contributed by atoms with Gasteiger partial charge < -0.3 is 24.5 Å². The van der Waals surface area contributed by atoms with Crippen LogP contribution in [0.25, 0.3) is 10.9 Å². The van der Waals surface area contributed by atoms with Gasteiger partial charge in [-0.15, -0.1) is 0 Å². The van der Waals surface area contributed by atoms with Crippen LogP contribution in [-0.2, 0) is 9.59 Å². The van der Waals surface area contributed by atoms with Gasteiger partial charge in [0, 0.05) is 48.8 Å². The Bertz CT molecular complexity index is 1170. The van der Waals surface area contributed by atoms with E-state index in [4.69, 9.17) is 9.47 Å². The summed E-state index contributed by atoms with van der Waals surface area (Å²) in [5.41, 5.74) is 1.13. The van der Waals surface area contributed by atoms with Crippen LogP contribution in [0, 0.1) is 5.82 Å². The van der Waals surface area contributed by atoms with E-state index in [0.29, 0.717) is 54.1 Å². The number of aromatic amines is 1. The van der Waals surface area contributed by atoms with Gasteiger partial charge in [0.1, 0.15) is 18.5 Å². The lowest BCUT2D eigenvalue weighted by Crippen LogP contribution is -2.55. The van der Waals surface area contributed by atoms with E-state index in [1.165, 1.54) is 12.1 Å². The van der Waals surface area contributed by atoms with Crippen molar-refractivity contribution in [3.05, 3.63) is 60.0 Å². The summed E-state index contributed by atoms with van der Waals surface area (Å²) in [5.74, 6) is -0.396. The SMILES string of the molecule is O=C(O)[C@H](c1c[nH]c2cc(F)ccc12)N1CCN(C(=O)[C@H]2COc3ccccc3O2)CC1. The Morgan fingerprint density at radius 2 is 1.84 bits per heavy atom. The highest BCUT2D eigenvalue weighted by Crippen LogP contribution is 2.32. The summed E-state index contributed by atoms with van der Waals surface area (Å²) in [7, 11) is 0. The van der Waals surface area contributed by atoms with Crippen LogP contribution in [0.3, 0.4) is 0 Å². The minimum atomic E-state index is -0.990. The Morgan fingerprint density at radius 1 is 1.09 bits per heavy atom. The number of nitrogens with one attached hydrogen (secondary N) is 1. The van der Waals surface area contributed by atoms with Crippen molar-refractivity contribution in [1.82, 2.24) is 14.8 Å². The Balaban J connectivity index is 1.28. The highest BCUT2D eigenvalue weighted by Gasteiger charge is 2.36. The normalized spacial score (nSPS) is 19.7. The van der Waals surface area contributed by atoms with E-state index in [2.05, 4.69) is 4.98 Å². The van der Waals surface area contributed by atoms with E-state index in [0.717, 1.165) is 0 Å². The number of aliphatic carboxylic acids is 1. The largest absolute Gasteiger partial charge is 0.485 e. The third-order valence-electron chi connectivity index (χ3n) is 5.98. The molecule has 2 aliphatic heterocycles. The minimum Gasteiger partial charge on any atom is -0.485 e. The lowest BCUT2D eigenvalue weighted by molar-refractivity contribution is -0.147. The third kappa shape index (κ3) is 3.64. The number of aromatic nitrogens is 1. The number of hydrogen-bond acceptors (Lipinski definition) is 5. The lowest BCUT2D eigenvalue weighted by Gasteiger charge is -2.39. The maximum absolute atomic E-state index is 13.5. The van der Waals surface area contributed by atoms with Gasteiger partial charge in [-0.25, -0.2) is 4.39 Å². The number of ether oxygens (including phenoxy) is 2. The van der Waals surface area contributed by atoms with Crippen molar-refractivity contribution in [2.45, 2.75) is 12.1 Å². The first kappa shape index (κ1) is 20.3. The topological polar surface area (TPSA) is 95.1 Å². The zero-order valence-corrected chi connectivity index (χ0v) is 17.2. The molecule has 2 atom stereocenters. The first-order valence-electron chi connectivity index (χ1n) is 10.4. The number of amides is 1. The van der Waals surface area contributed by atoms with E-state index in [-0.39, 0.29) is 18.3 Å². The van der Waals surface area contributed by atoms with Gasteiger partial charge in [-0.05, 0) is 30.3 Å². The van der Waals surface area contributed by atoms with E-state index >= 15 is 0 Å². The van der Waals surface area contributed by atoms with E-state index in [1.54, 1.807) is 29.3 Å². The molecule has 32 heavy (non-hydrogen) atoms. The summed E-state index contributed by atoms with van der Waals surface area (Å²) < 4.78 is 25.0. The quantitative estimate of drug-likeness (QED) is 0.648. The zero-order valence-electron chi connectivity index (χ0n) is 17.2. The average Bonchev–Trinajstić information content (AvgIpc) is 3.21. The van der Waals surface area contributed by atoms with Crippen LogP contribution >= 0.6 is 0 Å². The molecule has 1 fully saturated rings. The van der Waals surface area contributed by atoms with Crippen molar-refractivity contribution in [2.75, 3.05) is 32.8 Å². The number of nitrogens with zero attached hydrogens (tertiary/aromatic N) is 2. The van der Waals surface area contributed by atoms with Crippen LogP contribution in [0.2, 0.25) is 0 Å². The maximum atomic E-state index is 13.5. The molecule has 3 heterocycles. The Kier molecular flexibility index (Phi) is 5.18. The Hall–Kier alpha value is -3.59. The van der Waals surface area contributed by atoms with Gasteiger partial charge in [0.25, 0.3) is 5.91 Å². The summed E-state index contributed by atoms with van der Waals surface area (Å²) >= 11 is 0. The number of carboxylic acids is 1. The van der Waals surface area contributed by atoms with Crippen molar-refractivity contribution in [2.24, 2.45) is 0 Å². The molecule has 1 aromatic heterocycles. The fourth-order valence-electron chi connectivity index (χ4n) is 4.38. The van der Waals surface area contributed by atoms with Crippen LogP contribution in [-0.4, -0.2) is 70.7 Å². The molecule has 2 N–H and O–H groups in total. The van der Waals surface area contributed by atoms with E-state index in [1.807, 2.05) is 17.0 Å². The molecule has 0 unspecified atom stereocenters. The molecule has 9 heteroatoms. The highest BCUT2D eigenvalue weighted by atomic mass is 19.1. The van der Waals surface area contributed by atoms with Gasteiger partial charge in [0.05, 0.1) is 0 Å². The molecule has 3 aromatic rings. The van der Waals surface area contributed by atoms with E-state index < -0.39 is 18.1 Å².